The fraction of sp³-hybridized carbons (Fsp3) is 0.929. The van der Waals surface area contributed by atoms with Gasteiger partial charge in [-0.25, -0.2) is 0 Å². The normalized spacial score (nSPS) is 53.9. The fourth-order valence-electron chi connectivity index (χ4n) is 10.3. The second-order valence-electron chi connectivity index (χ2n) is 13.4. The third-order valence-corrected chi connectivity index (χ3v) is 11.8. The molecule has 0 aromatic heterocycles. The van der Waals surface area contributed by atoms with Crippen LogP contribution in [0.15, 0.2) is 12.2 Å². The monoisotopic (exact) mass is 398 g/mol. The smallest absolute Gasteiger partial charge is 0.0594 e. The third-order valence-electron chi connectivity index (χ3n) is 11.8. The molecule has 5 saturated carbocycles. The Kier molecular flexibility index (Phi) is 4.52. The molecule has 0 heterocycles. The van der Waals surface area contributed by atoms with Gasteiger partial charge in [-0.15, -0.1) is 0 Å². The standard InChI is InChI=1S/C28H46O/c1-18(2)7-8-19(3)20-9-10-21-22-11-12-23-25(4,5)24(29)13-14-28(23)17-27(22,28)16-15-26(20,21)6/h7-8,18-24,29H,9-17H2,1-6H3. The third kappa shape index (κ3) is 2.55. The molecule has 0 aromatic rings. The van der Waals surface area contributed by atoms with Gasteiger partial charge in [-0.2, -0.15) is 0 Å². The molecule has 0 bridgehead atoms. The highest BCUT2D eigenvalue weighted by atomic mass is 16.3. The van der Waals surface area contributed by atoms with Crippen LogP contribution in [0.2, 0.25) is 0 Å². The first-order valence-electron chi connectivity index (χ1n) is 12.9. The molecule has 0 amide bonds. The van der Waals surface area contributed by atoms with Gasteiger partial charge in [0.15, 0.2) is 0 Å². The number of aliphatic hydroxyl groups is 1. The lowest BCUT2D eigenvalue weighted by atomic mass is 9.46. The summed E-state index contributed by atoms with van der Waals surface area (Å²) in [5.74, 6) is 5.00. The Hall–Kier alpha value is -0.300. The first-order valence-corrected chi connectivity index (χ1v) is 12.9. The van der Waals surface area contributed by atoms with Crippen LogP contribution in [0.5, 0.6) is 0 Å². The van der Waals surface area contributed by atoms with Crippen LogP contribution in [-0.2, 0) is 0 Å². The van der Waals surface area contributed by atoms with E-state index in [0.717, 1.165) is 36.0 Å². The van der Waals surface area contributed by atoms with Crippen molar-refractivity contribution in [3.8, 4) is 0 Å². The molecule has 29 heavy (non-hydrogen) atoms. The Labute approximate surface area is 180 Å². The van der Waals surface area contributed by atoms with Crippen LogP contribution >= 0.6 is 0 Å². The summed E-state index contributed by atoms with van der Waals surface area (Å²) in [7, 11) is 0. The molecule has 0 aromatic carbocycles. The molecule has 2 spiro atoms. The van der Waals surface area contributed by atoms with Crippen molar-refractivity contribution in [1.82, 2.24) is 0 Å². The molecule has 9 atom stereocenters. The van der Waals surface area contributed by atoms with E-state index >= 15 is 0 Å². The lowest BCUT2D eigenvalue weighted by Gasteiger charge is -2.59. The zero-order chi connectivity index (χ0) is 20.8. The van der Waals surface area contributed by atoms with Crippen LogP contribution in [0, 0.1) is 57.2 Å². The minimum Gasteiger partial charge on any atom is -0.393 e. The molecule has 1 N–H and O–H groups in total. The molecule has 1 heteroatoms. The SMILES string of the molecule is CC(C)C=CC(C)C1CCC2C3CCC4C(C)(C)C(O)CCC45CC35CCC12C. The Bertz CT molecular complexity index is 690. The average molecular weight is 399 g/mol. The maximum atomic E-state index is 10.8. The number of allylic oxidation sites excluding steroid dienone is 2. The molecule has 0 saturated heterocycles. The first kappa shape index (κ1) is 20.6. The van der Waals surface area contributed by atoms with Crippen LogP contribution in [0.25, 0.3) is 0 Å². The van der Waals surface area contributed by atoms with Gasteiger partial charge in [0.1, 0.15) is 0 Å². The molecule has 5 aliphatic rings. The van der Waals surface area contributed by atoms with E-state index in [1.54, 1.807) is 0 Å². The predicted octanol–water partition coefficient (Wildman–Crippen LogP) is 7.24. The Morgan fingerprint density at radius 1 is 0.793 bits per heavy atom. The molecule has 9 unspecified atom stereocenters. The van der Waals surface area contributed by atoms with E-state index in [1.807, 2.05) is 0 Å². The molecule has 1 nitrogen and oxygen atoms in total. The molecule has 5 aliphatic carbocycles. The fourth-order valence-corrected chi connectivity index (χ4v) is 10.3. The van der Waals surface area contributed by atoms with E-state index < -0.39 is 0 Å². The van der Waals surface area contributed by atoms with Gasteiger partial charge in [-0.3, -0.25) is 0 Å². The zero-order valence-electron chi connectivity index (χ0n) is 20.0. The van der Waals surface area contributed by atoms with E-state index in [2.05, 4.69) is 53.7 Å². The van der Waals surface area contributed by atoms with Crippen LogP contribution in [0.3, 0.4) is 0 Å². The Morgan fingerprint density at radius 2 is 1.52 bits per heavy atom. The number of fused-ring (bicyclic) bond motifs is 2. The summed E-state index contributed by atoms with van der Waals surface area (Å²) in [6.07, 6.45) is 17.5. The summed E-state index contributed by atoms with van der Waals surface area (Å²) in [5.41, 5.74) is 1.95. The van der Waals surface area contributed by atoms with Crippen molar-refractivity contribution in [2.75, 3.05) is 0 Å². The highest BCUT2D eigenvalue weighted by molar-refractivity contribution is 5.28. The number of aliphatic hydroxyl groups excluding tert-OH is 1. The zero-order valence-corrected chi connectivity index (χ0v) is 20.0. The van der Waals surface area contributed by atoms with Crippen molar-refractivity contribution < 1.29 is 5.11 Å². The quantitative estimate of drug-likeness (QED) is 0.497. The van der Waals surface area contributed by atoms with Gasteiger partial charge < -0.3 is 5.11 Å². The van der Waals surface area contributed by atoms with E-state index in [0.29, 0.717) is 22.2 Å². The highest BCUT2D eigenvalue weighted by Crippen LogP contribution is 2.87. The maximum absolute atomic E-state index is 10.8. The van der Waals surface area contributed by atoms with Gasteiger partial charge >= 0.3 is 0 Å². The second kappa shape index (κ2) is 6.36. The summed E-state index contributed by atoms with van der Waals surface area (Å²) >= 11 is 0. The summed E-state index contributed by atoms with van der Waals surface area (Å²) in [6, 6.07) is 0. The molecule has 5 rings (SSSR count). The van der Waals surface area contributed by atoms with Crippen molar-refractivity contribution >= 4 is 0 Å². The first-order chi connectivity index (χ1) is 13.6. The summed E-state index contributed by atoms with van der Waals surface area (Å²) < 4.78 is 0. The topological polar surface area (TPSA) is 20.2 Å². The minimum absolute atomic E-state index is 0.0781. The average Bonchev–Trinajstić information content (AvgIpc) is 3.20. The van der Waals surface area contributed by atoms with E-state index in [9.17, 15) is 5.11 Å². The molecular formula is C28H46O. The van der Waals surface area contributed by atoms with Gasteiger partial charge in [-0.1, -0.05) is 53.7 Å². The molecule has 0 aliphatic heterocycles. The van der Waals surface area contributed by atoms with Gasteiger partial charge in [0.2, 0.25) is 0 Å². The summed E-state index contributed by atoms with van der Waals surface area (Å²) in [6.45, 7) is 14.6. The molecule has 164 valence electrons. The van der Waals surface area contributed by atoms with Gasteiger partial charge in [0, 0.05) is 0 Å². The molecule has 5 fully saturated rings. The van der Waals surface area contributed by atoms with Gasteiger partial charge in [0.05, 0.1) is 6.10 Å². The van der Waals surface area contributed by atoms with Crippen LogP contribution in [-0.4, -0.2) is 11.2 Å². The largest absolute Gasteiger partial charge is 0.393 e. The maximum Gasteiger partial charge on any atom is 0.0594 e. The van der Waals surface area contributed by atoms with Crippen molar-refractivity contribution in [2.45, 2.75) is 105 Å². The Morgan fingerprint density at radius 3 is 2.24 bits per heavy atom. The second-order valence-corrected chi connectivity index (χ2v) is 13.4. The van der Waals surface area contributed by atoms with Gasteiger partial charge in [0.25, 0.3) is 0 Å². The van der Waals surface area contributed by atoms with E-state index in [4.69, 9.17) is 0 Å². The molecule has 0 radical (unpaired) electrons. The molecular weight excluding hydrogens is 352 g/mol. The summed E-state index contributed by atoms with van der Waals surface area (Å²) in [4.78, 5) is 0. The summed E-state index contributed by atoms with van der Waals surface area (Å²) in [5, 5.41) is 10.8. The number of hydrogen-bond acceptors (Lipinski definition) is 1. The van der Waals surface area contributed by atoms with Crippen molar-refractivity contribution in [3.05, 3.63) is 12.2 Å². The lowest BCUT2D eigenvalue weighted by molar-refractivity contribution is -0.133. The minimum atomic E-state index is -0.0781. The van der Waals surface area contributed by atoms with Crippen LogP contribution in [0.4, 0.5) is 0 Å². The van der Waals surface area contributed by atoms with Crippen LogP contribution < -0.4 is 0 Å². The highest BCUT2D eigenvalue weighted by Gasteiger charge is 2.80. The predicted molar refractivity (Wildman–Crippen MR) is 121 cm³/mol. The van der Waals surface area contributed by atoms with Crippen LogP contribution in [0.1, 0.15) is 99.3 Å². The van der Waals surface area contributed by atoms with E-state index in [1.165, 1.54) is 51.4 Å². The Balaban J connectivity index is 1.41. The lowest BCUT2D eigenvalue weighted by Crippen LogP contribution is -2.54. The van der Waals surface area contributed by atoms with Crippen molar-refractivity contribution in [3.63, 3.8) is 0 Å². The van der Waals surface area contributed by atoms with Crippen molar-refractivity contribution in [1.29, 1.82) is 0 Å². The number of rotatable bonds is 3. The van der Waals surface area contributed by atoms with Crippen molar-refractivity contribution in [2.24, 2.45) is 57.2 Å². The number of hydrogen-bond donors (Lipinski definition) is 1. The van der Waals surface area contributed by atoms with E-state index in [-0.39, 0.29) is 11.5 Å². The van der Waals surface area contributed by atoms with Gasteiger partial charge in [-0.05, 0) is 115 Å².